The van der Waals surface area contributed by atoms with E-state index in [9.17, 15) is 20.1 Å². The van der Waals surface area contributed by atoms with Gasteiger partial charge in [0.25, 0.3) is 0 Å². The van der Waals surface area contributed by atoms with Gasteiger partial charge in [-0.05, 0) is 53.1 Å². The van der Waals surface area contributed by atoms with E-state index in [-0.39, 0.29) is 25.6 Å². The molecule has 0 amide bonds. The van der Waals surface area contributed by atoms with Crippen LogP contribution in [0.25, 0.3) is 6.08 Å². The first-order valence-corrected chi connectivity index (χ1v) is 11.7. The fourth-order valence-electron chi connectivity index (χ4n) is 4.96. The second kappa shape index (κ2) is 11.0. The van der Waals surface area contributed by atoms with Gasteiger partial charge in [-0.25, -0.2) is 0 Å². The van der Waals surface area contributed by atoms with Crippen molar-refractivity contribution < 1.29 is 39.1 Å². The van der Waals surface area contributed by atoms with E-state index in [2.05, 4.69) is 0 Å². The van der Waals surface area contributed by atoms with Crippen molar-refractivity contribution in [3.8, 4) is 23.0 Å². The second-order valence-corrected chi connectivity index (χ2v) is 8.53. The van der Waals surface area contributed by atoms with Crippen molar-refractivity contribution in [2.24, 2.45) is 0 Å². The molecule has 0 saturated heterocycles. The lowest BCUT2D eigenvalue weighted by Gasteiger charge is -2.22. The van der Waals surface area contributed by atoms with E-state index in [1.165, 1.54) is 21.3 Å². The minimum atomic E-state index is -0.609. The number of carbonyl (C=O) groups is 1. The molecule has 0 aliphatic heterocycles. The van der Waals surface area contributed by atoms with Gasteiger partial charge in [-0.1, -0.05) is 12.1 Å². The standard InChI is InChI=1S/C29H30O8/c1-34-20-7-5-16(6-8-20)9-21-25(17-10-19(14-31)28(36-3)24(12-17)35-2)26-22(27(21)33)11-18(13-30)23(15-32)29(26)37-4/h5-12,25,30-32H,13-15H2,1-4H3/b21-9-. The molecule has 194 valence electrons. The summed E-state index contributed by atoms with van der Waals surface area (Å²) in [5, 5.41) is 30.1. The third kappa shape index (κ3) is 4.55. The Morgan fingerprint density at radius 2 is 1.46 bits per heavy atom. The highest BCUT2D eigenvalue weighted by Gasteiger charge is 2.40. The van der Waals surface area contributed by atoms with Crippen LogP contribution in [-0.4, -0.2) is 49.5 Å². The number of hydrogen-bond acceptors (Lipinski definition) is 8. The Morgan fingerprint density at radius 1 is 0.784 bits per heavy atom. The van der Waals surface area contributed by atoms with Gasteiger partial charge >= 0.3 is 0 Å². The minimum Gasteiger partial charge on any atom is -0.497 e. The van der Waals surface area contributed by atoms with Crippen LogP contribution in [0.5, 0.6) is 23.0 Å². The minimum absolute atomic E-state index is 0.228. The predicted octanol–water partition coefficient (Wildman–Crippen LogP) is 3.61. The molecule has 0 radical (unpaired) electrons. The maximum absolute atomic E-state index is 13.9. The number of Topliss-reactive ketones (excluding diaryl/α,β-unsaturated/α-hetero) is 1. The molecule has 1 aliphatic carbocycles. The number of allylic oxidation sites excluding steroid dienone is 1. The first-order valence-electron chi connectivity index (χ1n) is 11.7. The molecule has 1 aliphatic rings. The number of carbonyl (C=O) groups excluding carboxylic acids is 1. The summed E-state index contributed by atoms with van der Waals surface area (Å²) in [6.45, 7) is -1.04. The highest BCUT2D eigenvalue weighted by molar-refractivity contribution is 6.18. The van der Waals surface area contributed by atoms with Crippen molar-refractivity contribution >= 4 is 11.9 Å². The van der Waals surface area contributed by atoms with Gasteiger partial charge < -0.3 is 34.3 Å². The van der Waals surface area contributed by atoms with Crippen LogP contribution in [0.15, 0.2) is 48.0 Å². The Hall–Kier alpha value is -3.85. The summed E-state index contributed by atoms with van der Waals surface area (Å²) in [6.07, 6.45) is 1.80. The zero-order chi connectivity index (χ0) is 26.7. The molecule has 1 atom stereocenters. The van der Waals surface area contributed by atoms with E-state index in [1.54, 1.807) is 31.4 Å². The Kier molecular flexibility index (Phi) is 7.83. The van der Waals surface area contributed by atoms with Crippen LogP contribution in [0.1, 0.15) is 49.7 Å². The molecule has 4 rings (SSSR count). The van der Waals surface area contributed by atoms with E-state index in [0.717, 1.165) is 5.56 Å². The predicted molar refractivity (Wildman–Crippen MR) is 137 cm³/mol. The SMILES string of the molecule is COc1ccc(/C=C2\C(=O)c3cc(CO)c(CO)c(OC)c3C2c2cc(CO)c(OC)c(OC)c2)cc1. The number of hydrogen-bond donors (Lipinski definition) is 3. The number of methoxy groups -OCH3 is 4. The lowest BCUT2D eigenvalue weighted by molar-refractivity contribution is 0.103. The highest BCUT2D eigenvalue weighted by Crippen LogP contribution is 2.51. The number of fused-ring (bicyclic) bond motifs is 1. The smallest absolute Gasteiger partial charge is 0.190 e. The number of rotatable bonds is 9. The van der Waals surface area contributed by atoms with Crippen LogP contribution < -0.4 is 18.9 Å². The molecule has 37 heavy (non-hydrogen) atoms. The fourth-order valence-corrected chi connectivity index (χ4v) is 4.96. The van der Waals surface area contributed by atoms with Gasteiger partial charge in [0.1, 0.15) is 11.5 Å². The molecule has 0 aromatic heterocycles. The lowest BCUT2D eigenvalue weighted by atomic mass is 9.85. The van der Waals surface area contributed by atoms with Crippen LogP contribution in [-0.2, 0) is 19.8 Å². The largest absolute Gasteiger partial charge is 0.497 e. The van der Waals surface area contributed by atoms with Gasteiger partial charge in [0, 0.05) is 33.7 Å². The first kappa shape index (κ1) is 26.2. The molecular formula is C29H30O8. The van der Waals surface area contributed by atoms with Gasteiger partial charge in [-0.3, -0.25) is 4.79 Å². The number of ether oxygens (including phenoxy) is 4. The molecule has 0 bridgehead atoms. The summed E-state index contributed by atoms with van der Waals surface area (Å²) in [5.74, 6) is 0.992. The van der Waals surface area contributed by atoms with Crippen molar-refractivity contribution in [1.82, 2.24) is 0 Å². The van der Waals surface area contributed by atoms with Crippen LogP contribution in [0.3, 0.4) is 0 Å². The Bertz CT molecular complexity index is 1320. The third-order valence-electron chi connectivity index (χ3n) is 6.67. The number of ketones is 1. The molecule has 3 aromatic rings. The van der Waals surface area contributed by atoms with E-state index in [1.807, 2.05) is 24.3 Å². The first-order chi connectivity index (χ1) is 18.0. The molecule has 8 nitrogen and oxygen atoms in total. The topological polar surface area (TPSA) is 115 Å². The molecule has 0 heterocycles. The maximum Gasteiger partial charge on any atom is 0.190 e. The van der Waals surface area contributed by atoms with Crippen molar-refractivity contribution in [1.29, 1.82) is 0 Å². The van der Waals surface area contributed by atoms with Crippen LogP contribution in [0.2, 0.25) is 0 Å². The molecular weight excluding hydrogens is 476 g/mol. The zero-order valence-electron chi connectivity index (χ0n) is 21.2. The Morgan fingerprint density at radius 3 is 2.00 bits per heavy atom. The van der Waals surface area contributed by atoms with E-state index in [0.29, 0.717) is 62.0 Å². The summed E-state index contributed by atoms with van der Waals surface area (Å²) in [5.41, 5.74) is 4.20. The molecule has 0 spiro atoms. The maximum atomic E-state index is 13.9. The van der Waals surface area contributed by atoms with Gasteiger partial charge in [-0.15, -0.1) is 0 Å². The van der Waals surface area contributed by atoms with Crippen molar-refractivity contribution in [3.63, 3.8) is 0 Å². The monoisotopic (exact) mass is 506 g/mol. The van der Waals surface area contributed by atoms with E-state index >= 15 is 0 Å². The van der Waals surface area contributed by atoms with Gasteiger partial charge in [0.15, 0.2) is 17.3 Å². The number of aliphatic hydroxyl groups excluding tert-OH is 3. The summed E-state index contributed by atoms with van der Waals surface area (Å²) in [4.78, 5) is 13.9. The average molecular weight is 507 g/mol. The summed E-state index contributed by atoms with van der Waals surface area (Å²) >= 11 is 0. The van der Waals surface area contributed by atoms with Crippen LogP contribution in [0, 0.1) is 0 Å². The highest BCUT2D eigenvalue weighted by atomic mass is 16.5. The quantitative estimate of drug-likeness (QED) is 0.377. The average Bonchev–Trinajstić information content (AvgIpc) is 3.21. The molecule has 3 N–H and O–H groups in total. The second-order valence-electron chi connectivity index (χ2n) is 8.53. The Labute approximate surface area is 215 Å². The van der Waals surface area contributed by atoms with Crippen molar-refractivity contribution in [2.45, 2.75) is 25.7 Å². The lowest BCUT2D eigenvalue weighted by Crippen LogP contribution is -2.08. The van der Waals surface area contributed by atoms with E-state index < -0.39 is 5.92 Å². The third-order valence-corrected chi connectivity index (χ3v) is 6.67. The normalized spacial score (nSPS) is 15.6. The van der Waals surface area contributed by atoms with Gasteiger partial charge in [0.2, 0.25) is 0 Å². The number of aliphatic hydroxyl groups is 3. The van der Waals surface area contributed by atoms with Crippen molar-refractivity contribution in [3.05, 3.63) is 87.0 Å². The number of benzene rings is 3. The van der Waals surface area contributed by atoms with Gasteiger partial charge in [-0.2, -0.15) is 0 Å². The van der Waals surface area contributed by atoms with Crippen LogP contribution >= 0.6 is 0 Å². The van der Waals surface area contributed by atoms with Gasteiger partial charge in [0.05, 0.1) is 48.3 Å². The zero-order valence-corrected chi connectivity index (χ0v) is 21.2. The Balaban J connectivity index is 2.04. The summed E-state index contributed by atoms with van der Waals surface area (Å²) < 4.78 is 22.0. The molecule has 8 heteroatoms. The molecule has 3 aromatic carbocycles. The fraction of sp³-hybridized carbons (Fsp3) is 0.276. The molecule has 1 unspecified atom stereocenters. The summed E-state index contributed by atoms with van der Waals surface area (Å²) in [7, 11) is 6.05. The molecule has 0 fully saturated rings. The van der Waals surface area contributed by atoms with Crippen LogP contribution in [0.4, 0.5) is 0 Å². The molecule has 0 saturated carbocycles. The van der Waals surface area contributed by atoms with E-state index in [4.69, 9.17) is 18.9 Å². The van der Waals surface area contributed by atoms with Crippen molar-refractivity contribution in [2.75, 3.05) is 28.4 Å². The summed E-state index contributed by atoms with van der Waals surface area (Å²) in [6, 6.07) is 12.5.